The van der Waals surface area contributed by atoms with Crippen LogP contribution in [0.3, 0.4) is 0 Å². The number of nitrogens with one attached hydrogen (secondary N) is 1. The predicted octanol–water partition coefficient (Wildman–Crippen LogP) is 4.77. The molecule has 0 atom stereocenters. The van der Waals surface area contributed by atoms with E-state index >= 15 is 0 Å². The topological polar surface area (TPSA) is 29.1 Å². The highest BCUT2D eigenvalue weighted by molar-refractivity contribution is 9.12. The number of alkyl halides is 3. The summed E-state index contributed by atoms with van der Waals surface area (Å²) in [5, 5.41) is 3.08. The minimum Gasteiger partial charge on any atom is -0.359 e. The van der Waals surface area contributed by atoms with Crippen LogP contribution in [0.25, 0.3) is 0 Å². The highest BCUT2D eigenvalue weighted by Gasteiger charge is 2.39. The Morgan fingerprint density at radius 3 is 2.44 bits per heavy atom. The Balaban J connectivity index is 2.84. The first kappa shape index (κ1) is 15.3. The third kappa shape index (κ3) is 4.19. The molecule has 0 radical (unpaired) electrons. The van der Waals surface area contributed by atoms with Crippen molar-refractivity contribution in [2.75, 3.05) is 5.32 Å². The Morgan fingerprint density at radius 1 is 1.33 bits per heavy atom. The van der Waals surface area contributed by atoms with Crippen molar-refractivity contribution < 1.29 is 18.0 Å². The molecule has 0 fully saturated rings. The quantitative estimate of drug-likeness (QED) is 0.784. The van der Waals surface area contributed by atoms with E-state index < -0.39 is 16.4 Å². The van der Waals surface area contributed by atoms with E-state index in [1.165, 1.54) is 18.2 Å². The summed E-state index contributed by atoms with van der Waals surface area (Å²) in [4.78, 5) is 10.8. The largest absolute Gasteiger partial charge is 0.455 e. The SMILES string of the molecule is O=C(C(Br)=CNc1ccc(Cl)cc1Cl)C(F)(F)F. The molecule has 0 amide bonds. The van der Waals surface area contributed by atoms with Gasteiger partial charge in [-0.1, -0.05) is 23.2 Å². The van der Waals surface area contributed by atoms with E-state index in [1.54, 1.807) is 0 Å². The Morgan fingerprint density at radius 2 is 1.94 bits per heavy atom. The Labute approximate surface area is 119 Å². The standard InChI is InChI=1S/C10H5BrCl2F3NO/c11-6(9(18)10(14,15)16)4-17-8-2-1-5(12)3-7(8)13/h1-4,17H. The van der Waals surface area contributed by atoms with Crippen LogP contribution in [0.1, 0.15) is 0 Å². The third-order valence-corrected chi connectivity index (χ3v) is 2.90. The maximum atomic E-state index is 12.1. The van der Waals surface area contributed by atoms with Crippen molar-refractivity contribution in [3.05, 3.63) is 38.9 Å². The van der Waals surface area contributed by atoms with Gasteiger partial charge in [-0.05, 0) is 34.1 Å². The molecule has 1 aromatic carbocycles. The lowest BCUT2D eigenvalue weighted by atomic mass is 10.3. The summed E-state index contributed by atoms with van der Waals surface area (Å²) >= 11 is 14.0. The summed E-state index contributed by atoms with van der Waals surface area (Å²) in [7, 11) is 0. The molecule has 0 aromatic heterocycles. The minimum absolute atomic E-state index is 0.221. The van der Waals surface area contributed by atoms with Crippen molar-refractivity contribution in [3.8, 4) is 0 Å². The van der Waals surface area contributed by atoms with Gasteiger partial charge in [0.05, 0.1) is 15.2 Å². The van der Waals surface area contributed by atoms with Crippen LogP contribution < -0.4 is 5.32 Å². The minimum atomic E-state index is -4.93. The smallest absolute Gasteiger partial charge is 0.359 e. The zero-order chi connectivity index (χ0) is 13.9. The van der Waals surface area contributed by atoms with Gasteiger partial charge in [-0.2, -0.15) is 13.2 Å². The fraction of sp³-hybridized carbons (Fsp3) is 0.100. The van der Waals surface area contributed by atoms with Crippen molar-refractivity contribution in [2.45, 2.75) is 6.18 Å². The van der Waals surface area contributed by atoms with E-state index in [2.05, 4.69) is 21.2 Å². The first-order chi connectivity index (χ1) is 8.21. The maximum Gasteiger partial charge on any atom is 0.455 e. The molecule has 1 N–H and O–H groups in total. The number of hydrogen-bond donors (Lipinski definition) is 1. The molecule has 0 heterocycles. The zero-order valence-corrected chi connectivity index (χ0v) is 11.6. The fourth-order valence-corrected chi connectivity index (χ4v) is 1.75. The molecule has 98 valence electrons. The number of anilines is 1. The lowest BCUT2D eigenvalue weighted by molar-refractivity contribution is -0.165. The lowest BCUT2D eigenvalue weighted by Gasteiger charge is -2.06. The van der Waals surface area contributed by atoms with Crippen molar-refractivity contribution >= 4 is 50.6 Å². The van der Waals surface area contributed by atoms with Crippen molar-refractivity contribution in [2.24, 2.45) is 0 Å². The van der Waals surface area contributed by atoms with Crippen LogP contribution in [0.2, 0.25) is 10.0 Å². The Bertz CT molecular complexity index is 502. The summed E-state index contributed by atoms with van der Waals surface area (Å²) < 4.78 is 35.5. The van der Waals surface area contributed by atoms with Gasteiger partial charge in [0.15, 0.2) is 0 Å². The molecular formula is C10H5BrCl2F3NO. The summed E-state index contributed by atoms with van der Waals surface area (Å²) in [6, 6.07) is 4.39. The number of benzene rings is 1. The van der Waals surface area contributed by atoms with Gasteiger partial charge in [-0.15, -0.1) is 0 Å². The van der Waals surface area contributed by atoms with Gasteiger partial charge in [0.1, 0.15) is 0 Å². The number of carbonyl (C=O) groups is 1. The van der Waals surface area contributed by atoms with Gasteiger partial charge in [-0.3, -0.25) is 4.79 Å². The predicted molar refractivity (Wildman–Crippen MR) is 68.2 cm³/mol. The van der Waals surface area contributed by atoms with Gasteiger partial charge in [0, 0.05) is 11.2 Å². The van der Waals surface area contributed by atoms with Crippen LogP contribution in [0, 0.1) is 0 Å². The van der Waals surface area contributed by atoms with E-state index in [0.29, 0.717) is 10.7 Å². The van der Waals surface area contributed by atoms with E-state index in [9.17, 15) is 18.0 Å². The van der Waals surface area contributed by atoms with E-state index in [-0.39, 0.29) is 5.02 Å². The summed E-state index contributed by atoms with van der Waals surface area (Å²) in [6.45, 7) is 0. The fourth-order valence-electron chi connectivity index (χ4n) is 0.949. The summed E-state index contributed by atoms with van der Waals surface area (Å²) in [5.74, 6) is -1.99. The number of carbonyl (C=O) groups excluding carboxylic acids is 1. The first-order valence-corrected chi connectivity index (χ1v) is 5.95. The third-order valence-electron chi connectivity index (χ3n) is 1.76. The molecule has 18 heavy (non-hydrogen) atoms. The number of rotatable bonds is 3. The number of halogens is 6. The van der Waals surface area contributed by atoms with Crippen LogP contribution in [-0.4, -0.2) is 12.0 Å². The molecule has 0 aliphatic carbocycles. The van der Waals surface area contributed by atoms with Gasteiger partial charge >= 0.3 is 6.18 Å². The summed E-state index contributed by atoms with van der Waals surface area (Å²) in [5.41, 5.74) is 0.327. The number of allylic oxidation sites excluding steroid dienone is 1. The van der Waals surface area contributed by atoms with E-state index in [1.807, 2.05) is 0 Å². The van der Waals surface area contributed by atoms with Crippen molar-refractivity contribution in [3.63, 3.8) is 0 Å². The molecule has 0 saturated heterocycles. The Hall–Kier alpha value is -0.720. The molecule has 0 unspecified atom stereocenters. The van der Waals surface area contributed by atoms with E-state index in [4.69, 9.17) is 23.2 Å². The van der Waals surface area contributed by atoms with Gasteiger partial charge in [0.2, 0.25) is 0 Å². The van der Waals surface area contributed by atoms with Crippen LogP contribution in [-0.2, 0) is 4.79 Å². The second-order valence-electron chi connectivity index (χ2n) is 3.09. The molecule has 8 heteroatoms. The number of hydrogen-bond acceptors (Lipinski definition) is 2. The normalized spacial score (nSPS) is 12.4. The average molecular weight is 363 g/mol. The molecule has 0 spiro atoms. The van der Waals surface area contributed by atoms with Gasteiger partial charge < -0.3 is 5.32 Å². The number of Topliss-reactive ketones (excluding diaryl/α,β-unsaturated/α-hetero) is 1. The monoisotopic (exact) mass is 361 g/mol. The van der Waals surface area contributed by atoms with Crippen LogP contribution >= 0.6 is 39.1 Å². The average Bonchev–Trinajstić information content (AvgIpc) is 2.25. The lowest BCUT2D eigenvalue weighted by Crippen LogP contribution is -2.22. The molecule has 0 saturated carbocycles. The van der Waals surface area contributed by atoms with Crippen molar-refractivity contribution in [1.82, 2.24) is 0 Å². The molecule has 0 aliphatic rings. The van der Waals surface area contributed by atoms with Gasteiger partial charge in [-0.25, -0.2) is 0 Å². The molecule has 2 nitrogen and oxygen atoms in total. The highest BCUT2D eigenvalue weighted by atomic mass is 79.9. The second kappa shape index (κ2) is 5.95. The maximum absolute atomic E-state index is 12.1. The van der Waals surface area contributed by atoms with Gasteiger partial charge in [0.25, 0.3) is 5.78 Å². The second-order valence-corrected chi connectivity index (χ2v) is 4.79. The van der Waals surface area contributed by atoms with Crippen LogP contribution in [0.15, 0.2) is 28.9 Å². The molecular weight excluding hydrogens is 358 g/mol. The molecule has 1 aromatic rings. The molecule has 0 bridgehead atoms. The summed E-state index contributed by atoms with van der Waals surface area (Å²) in [6.07, 6.45) is -4.06. The van der Waals surface area contributed by atoms with Crippen LogP contribution in [0.5, 0.6) is 0 Å². The van der Waals surface area contributed by atoms with E-state index in [0.717, 1.165) is 6.20 Å². The Kier molecular flexibility index (Phi) is 5.07. The first-order valence-electron chi connectivity index (χ1n) is 4.40. The molecule has 0 aliphatic heterocycles. The highest BCUT2D eigenvalue weighted by Crippen LogP contribution is 2.27. The number of ketones is 1. The van der Waals surface area contributed by atoms with Crippen molar-refractivity contribution in [1.29, 1.82) is 0 Å². The zero-order valence-electron chi connectivity index (χ0n) is 8.49. The molecule has 1 rings (SSSR count). The van der Waals surface area contributed by atoms with Crippen LogP contribution in [0.4, 0.5) is 18.9 Å².